The number of nitrogens with zero attached hydrogens (tertiary/aromatic N) is 1. The van der Waals surface area contributed by atoms with Gasteiger partial charge in [-0.05, 0) is 25.0 Å². The maximum Gasteiger partial charge on any atom is 0.265 e. The van der Waals surface area contributed by atoms with Crippen LogP contribution in [0.1, 0.15) is 47.3 Å². The van der Waals surface area contributed by atoms with Crippen molar-refractivity contribution in [3.63, 3.8) is 0 Å². The molecule has 0 bridgehead atoms. The molecule has 0 aliphatic carbocycles. The van der Waals surface area contributed by atoms with Gasteiger partial charge in [-0.2, -0.15) is 5.26 Å². The van der Waals surface area contributed by atoms with Crippen LogP contribution >= 0.6 is 0 Å². The molecule has 4 heteroatoms. The number of benzene rings is 1. The average Bonchev–Trinajstić information content (AvgIpc) is 2.26. The van der Waals surface area contributed by atoms with Crippen molar-refractivity contribution in [3.8, 4) is 6.07 Å². The Morgan fingerprint density at radius 3 is 2.50 bits per heavy atom. The van der Waals surface area contributed by atoms with Crippen molar-refractivity contribution < 1.29 is 13.6 Å². The molecule has 0 saturated carbocycles. The van der Waals surface area contributed by atoms with Crippen molar-refractivity contribution in [3.05, 3.63) is 34.4 Å². The summed E-state index contributed by atoms with van der Waals surface area (Å²) in [6.45, 7) is 2.99. The fraction of sp³-hybridized carbons (Fsp3) is 0.333. The fourth-order valence-corrected chi connectivity index (χ4v) is 1.63. The molecule has 16 heavy (non-hydrogen) atoms. The number of rotatable bonds is 3. The van der Waals surface area contributed by atoms with Crippen LogP contribution in [0, 0.1) is 11.3 Å². The lowest BCUT2D eigenvalue weighted by molar-refractivity contribution is 0.101. The third-order valence-electron chi connectivity index (χ3n) is 2.43. The fourth-order valence-electron chi connectivity index (χ4n) is 1.63. The zero-order valence-corrected chi connectivity index (χ0v) is 9.05. The number of carbonyl (C=O) groups excluding carboxylic acids is 1. The van der Waals surface area contributed by atoms with Crippen molar-refractivity contribution in [2.75, 3.05) is 0 Å². The van der Waals surface area contributed by atoms with Crippen LogP contribution in [-0.4, -0.2) is 5.78 Å². The van der Waals surface area contributed by atoms with E-state index in [1.165, 1.54) is 19.1 Å². The molecule has 1 aromatic rings. The minimum atomic E-state index is -2.73. The summed E-state index contributed by atoms with van der Waals surface area (Å²) in [6.07, 6.45) is -2.32. The van der Waals surface area contributed by atoms with E-state index in [1.807, 2.05) is 0 Å². The smallest absolute Gasteiger partial charge is 0.265 e. The van der Waals surface area contributed by atoms with Crippen molar-refractivity contribution in [2.45, 2.75) is 26.7 Å². The van der Waals surface area contributed by atoms with Gasteiger partial charge in [0.25, 0.3) is 6.43 Å². The zero-order valence-electron chi connectivity index (χ0n) is 9.05. The molecule has 1 aromatic carbocycles. The Bertz CT molecular complexity index is 461. The van der Waals surface area contributed by atoms with E-state index in [0.29, 0.717) is 12.0 Å². The molecule has 0 spiro atoms. The van der Waals surface area contributed by atoms with Gasteiger partial charge >= 0.3 is 0 Å². The number of nitriles is 1. The van der Waals surface area contributed by atoms with Gasteiger partial charge in [-0.25, -0.2) is 8.78 Å². The molecular weight excluding hydrogens is 212 g/mol. The SMILES string of the molecule is CCc1ccc(C(C)=O)c(C#N)c1C(F)F. The Kier molecular flexibility index (Phi) is 3.73. The predicted octanol–water partition coefficient (Wildman–Crippen LogP) is 3.26. The van der Waals surface area contributed by atoms with Crippen molar-refractivity contribution >= 4 is 5.78 Å². The van der Waals surface area contributed by atoms with E-state index < -0.39 is 6.43 Å². The molecule has 0 radical (unpaired) electrons. The summed E-state index contributed by atoms with van der Waals surface area (Å²) in [5, 5.41) is 8.88. The number of ketones is 1. The maximum atomic E-state index is 12.8. The molecule has 84 valence electrons. The van der Waals surface area contributed by atoms with Crippen LogP contribution in [-0.2, 0) is 6.42 Å². The van der Waals surface area contributed by atoms with Gasteiger partial charge in [0, 0.05) is 11.1 Å². The second-order valence-electron chi connectivity index (χ2n) is 3.38. The largest absolute Gasteiger partial charge is 0.294 e. The van der Waals surface area contributed by atoms with Crippen molar-refractivity contribution in [2.24, 2.45) is 0 Å². The van der Waals surface area contributed by atoms with Crippen LogP contribution in [0.4, 0.5) is 8.78 Å². The Hall–Kier alpha value is -1.76. The molecule has 0 aromatic heterocycles. The highest BCUT2D eigenvalue weighted by atomic mass is 19.3. The van der Waals surface area contributed by atoms with Gasteiger partial charge in [0.05, 0.1) is 5.56 Å². The maximum absolute atomic E-state index is 12.8. The first-order valence-corrected chi connectivity index (χ1v) is 4.87. The lowest BCUT2D eigenvalue weighted by Gasteiger charge is -2.11. The van der Waals surface area contributed by atoms with Crippen LogP contribution < -0.4 is 0 Å². The van der Waals surface area contributed by atoms with Crippen LogP contribution in [0.25, 0.3) is 0 Å². The molecule has 0 unspecified atom stereocenters. The molecule has 0 saturated heterocycles. The standard InChI is InChI=1S/C12H11F2NO/c1-3-8-4-5-9(7(2)16)10(6-15)11(8)12(13)14/h4-5,12H,3H2,1-2H3. The third-order valence-corrected chi connectivity index (χ3v) is 2.43. The van der Waals surface area contributed by atoms with E-state index >= 15 is 0 Å². The number of hydrogen-bond donors (Lipinski definition) is 0. The number of alkyl halides is 2. The molecule has 0 atom stereocenters. The molecular formula is C12H11F2NO. The highest BCUT2D eigenvalue weighted by molar-refractivity contribution is 5.97. The quantitative estimate of drug-likeness (QED) is 0.738. The highest BCUT2D eigenvalue weighted by Gasteiger charge is 2.21. The van der Waals surface area contributed by atoms with E-state index in [-0.39, 0.29) is 22.5 Å². The molecule has 0 heterocycles. The van der Waals surface area contributed by atoms with Crippen LogP contribution in [0.3, 0.4) is 0 Å². The summed E-state index contributed by atoms with van der Waals surface area (Å²) >= 11 is 0. The number of halogens is 2. The first-order chi connectivity index (χ1) is 7.52. The molecule has 0 N–H and O–H groups in total. The third kappa shape index (κ3) is 2.08. The molecule has 0 fully saturated rings. The minimum absolute atomic E-state index is 0.0648. The normalized spacial score (nSPS) is 10.2. The van der Waals surface area contributed by atoms with Crippen LogP contribution in [0.15, 0.2) is 12.1 Å². The summed E-state index contributed by atoms with van der Waals surface area (Å²) in [7, 11) is 0. The molecule has 0 aliphatic rings. The van der Waals surface area contributed by atoms with E-state index in [1.54, 1.807) is 13.0 Å². The molecule has 2 nitrogen and oxygen atoms in total. The summed E-state index contributed by atoms with van der Waals surface area (Å²) in [6, 6.07) is 4.62. The van der Waals surface area contributed by atoms with Gasteiger partial charge in [-0.3, -0.25) is 4.79 Å². The number of hydrogen-bond acceptors (Lipinski definition) is 2. The molecule has 0 aliphatic heterocycles. The zero-order chi connectivity index (χ0) is 12.3. The van der Waals surface area contributed by atoms with Gasteiger partial charge in [0.15, 0.2) is 5.78 Å². The van der Waals surface area contributed by atoms with Crippen LogP contribution in [0.5, 0.6) is 0 Å². The Morgan fingerprint density at radius 1 is 1.50 bits per heavy atom. The van der Waals surface area contributed by atoms with Gasteiger partial charge in [-0.1, -0.05) is 13.0 Å². The predicted molar refractivity (Wildman–Crippen MR) is 55.5 cm³/mol. The second-order valence-corrected chi connectivity index (χ2v) is 3.38. The summed E-state index contributed by atoms with van der Waals surface area (Å²) in [5.74, 6) is -0.374. The average molecular weight is 223 g/mol. The Morgan fingerprint density at radius 2 is 2.12 bits per heavy atom. The van der Waals surface area contributed by atoms with Gasteiger partial charge in [-0.15, -0.1) is 0 Å². The first-order valence-electron chi connectivity index (χ1n) is 4.87. The summed E-state index contributed by atoms with van der Waals surface area (Å²) < 4.78 is 25.7. The highest BCUT2D eigenvalue weighted by Crippen LogP contribution is 2.29. The Balaban J connectivity index is 3.58. The second kappa shape index (κ2) is 4.84. The van der Waals surface area contributed by atoms with Gasteiger partial charge in [0.2, 0.25) is 0 Å². The summed E-state index contributed by atoms with van der Waals surface area (Å²) in [5.41, 5.74) is -0.0221. The van der Waals surface area contributed by atoms with Crippen LogP contribution in [0.2, 0.25) is 0 Å². The lowest BCUT2D eigenvalue weighted by Crippen LogP contribution is -2.05. The van der Waals surface area contributed by atoms with E-state index in [0.717, 1.165) is 0 Å². The van der Waals surface area contributed by atoms with Gasteiger partial charge < -0.3 is 0 Å². The van der Waals surface area contributed by atoms with E-state index in [9.17, 15) is 13.6 Å². The molecule has 0 amide bonds. The first kappa shape index (κ1) is 12.3. The van der Waals surface area contributed by atoms with E-state index in [2.05, 4.69) is 0 Å². The monoisotopic (exact) mass is 223 g/mol. The van der Waals surface area contributed by atoms with Gasteiger partial charge in [0.1, 0.15) is 6.07 Å². The number of carbonyl (C=O) groups is 1. The van der Waals surface area contributed by atoms with E-state index in [4.69, 9.17) is 5.26 Å². The Labute approximate surface area is 92.5 Å². The summed E-state index contributed by atoms with van der Waals surface area (Å²) in [4.78, 5) is 11.2. The topological polar surface area (TPSA) is 40.9 Å². The lowest BCUT2D eigenvalue weighted by atomic mass is 9.94. The number of aryl methyl sites for hydroxylation is 1. The van der Waals surface area contributed by atoms with Crippen molar-refractivity contribution in [1.82, 2.24) is 0 Å². The molecule has 1 rings (SSSR count). The van der Waals surface area contributed by atoms with Crippen molar-refractivity contribution in [1.29, 1.82) is 5.26 Å². The number of Topliss-reactive ketones (excluding diaryl/α,β-unsaturated/α-hetero) is 1. The minimum Gasteiger partial charge on any atom is -0.294 e.